The van der Waals surface area contributed by atoms with Gasteiger partial charge in [-0.1, -0.05) is 53.5 Å². The van der Waals surface area contributed by atoms with Crippen LogP contribution in [0.4, 0.5) is 5.69 Å². The second-order valence-corrected chi connectivity index (χ2v) is 5.63. The van der Waals surface area contributed by atoms with Gasteiger partial charge in [-0.05, 0) is 11.6 Å². The Labute approximate surface area is 142 Å². The number of rotatable bonds is 4. The van der Waals surface area contributed by atoms with Crippen LogP contribution in [0.3, 0.4) is 0 Å². The molecular weight excluding hydrogens is 335 g/mol. The maximum atomic E-state index is 12.2. The molecule has 2 heterocycles. The van der Waals surface area contributed by atoms with Crippen molar-refractivity contribution in [2.45, 2.75) is 6.54 Å². The van der Waals surface area contributed by atoms with Crippen LogP contribution in [0, 0.1) is 0 Å². The van der Waals surface area contributed by atoms with Crippen molar-refractivity contribution >= 4 is 34.8 Å². The van der Waals surface area contributed by atoms with Crippen LogP contribution in [0.25, 0.3) is 0 Å². The summed E-state index contributed by atoms with van der Waals surface area (Å²) in [5.41, 5.74) is 2.05. The van der Waals surface area contributed by atoms with Gasteiger partial charge < -0.3 is 5.32 Å². The Morgan fingerprint density at radius 2 is 1.96 bits per heavy atom. The van der Waals surface area contributed by atoms with E-state index in [1.165, 1.54) is 12.3 Å². The first-order chi connectivity index (χ1) is 11.1. The molecule has 0 aliphatic carbocycles. The van der Waals surface area contributed by atoms with Crippen molar-refractivity contribution in [1.29, 1.82) is 0 Å². The summed E-state index contributed by atoms with van der Waals surface area (Å²) in [5.74, 6) is -0.324. The number of aromatic nitrogens is 3. The number of carbonyl (C=O) groups is 1. The van der Waals surface area contributed by atoms with Gasteiger partial charge in [0.1, 0.15) is 5.15 Å². The fraction of sp³-hybridized carbons (Fsp3) is 0.0625. The summed E-state index contributed by atoms with van der Waals surface area (Å²) in [5, 5.41) is 7.38. The lowest BCUT2D eigenvalue weighted by molar-refractivity contribution is 0.102. The molecule has 3 rings (SSSR count). The summed E-state index contributed by atoms with van der Waals surface area (Å²) in [6.45, 7) is 0.630. The first-order valence-electron chi connectivity index (χ1n) is 6.80. The molecule has 0 radical (unpaired) electrons. The van der Waals surface area contributed by atoms with E-state index in [-0.39, 0.29) is 16.1 Å². The number of nitrogens with one attached hydrogen (secondary N) is 1. The third kappa shape index (κ3) is 3.88. The highest BCUT2D eigenvalue weighted by molar-refractivity contribution is 6.41. The van der Waals surface area contributed by atoms with E-state index < -0.39 is 0 Å². The van der Waals surface area contributed by atoms with Gasteiger partial charge in [0.05, 0.1) is 29.0 Å². The number of nitrogens with zero attached hydrogens (tertiary/aromatic N) is 3. The van der Waals surface area contributed by atoms with Gasteiger partial charge in [0.2, 0.25) is 0 Å². The maximum Gasteiger partial charge on any atom is 0.257 e. The van der Waals surface area contributed by atoms with E-state index in [4.69, 9.17) is 23.2 Å². The van der Waals surface area contributed by atoms with E-state index >= 15 is 0 Å². The minimum Gasteiger partial charge on any atom is -0.319 e. The van der Waals surface area contributed by atoms with Crippen molar-refractivity contribution < 1.29 is 4.79 Å². The van der Waals surface area contributed by atoms with E-state index in [1.54, 1.807) is 17.1 Å². The second-order valence-electron chi connectivity index (χ2n) is 4.86. The molecule has 116 valence electrons. The van der Waals surface area contributed by atoms with Crippen molar-refractivity contribution in [2.24, 2.45) is 0 Å². The number of halogens is 2. The van der Waals surface area contributed by atoms with Gasteiger partial charge in [-0.3, -0.25) is 9.48 Å². The van der Waals surface area contributed by atoms with Gasteiger partial charge in [0.25, 0.3) is 5.91 Å². The summed E-state index contributed by atoms with van der Waals surface area (Å²) in [6.07, 6.45) is 4.72. The third-order valence-corrected chi connectivity index (χ3v) is 3.82. The number of carbonyl (C=O) groups excluding carboxylic acids is 1. The van der Waals surface area contributed by atoms with E-state index in [0.29, 0.717) is 17.8 Å². The van der Waals surface area contributed by atoms with Crippen LogP contribution in [0.2, 0.25) is 10.2 Å². The first kappa shape index (κ1) is 15.5. The van der Waals surface area contributed by atoms with Crippen LogP contribution in [0.1, 0.15) is 15.9 Å². The molecule has 0 atom stereocenters. The van der Waals surface area contributed by atoms with E-state index in [2.05, 4.69) is 15.4 Å². The van der Waals surface area contributed by atoms with Crippen molar-refractivity contribution in [1.82, 2.24) is 14.8 Å². The molecule has 1 aromatic carbocycles. The minimum atomic E-state index is -0.324. The quantitative estimate of drug-likeness (QED) is 0.729. The third-order valence-electron chi connectivity index (χ3n) is 3.14. The topological polar surface area (TPSA) is 59.8 Å². The van der Waals surface area contributed by atoms with Crippen LogP contribution in [-0.4, -0.2) is 20.7 Å². The number of amides is 1. The normalized spacial score (nSPS) is 10.5. The highest BCUT2D eigenvalue weighted by Gasteiger charge is 2.10. The van der Waals surface area contributed by atoms with Gasteiger partial charge in [0.15, 0.2) is 0 Å². The number of pyridine rings is 1. The smallest absolute Gasteiger partial charge is 0.257 e. The minimum absolute atomic E-state index is 0.166. The molecule has 0 aliphatic heterocycles. The zero-order chi connectivity index (χ0) is 16.2. The lowest BCUT2D eigenvalue weighted by Gasteiger charge is -2.03. The number of hydrogen-bond donors (Lipinski definition) is 1. The second kappa shape index (κ2) is 6.81. The Bertz CT molecular complexity index is 833. The van der Waals surface area contributed by atoms with Gasteiger partial charge in [-0.2, -0.15) is 5.10 Å². The van der Waals surface area contributed by atoms with Gasteiger partial charge >= 0.3 is 0 Å². The molecule has 1 amide bonds. The Kier molecular flexibility index (Phi) is 4.60. The van der Waals surface area contributed by atoms with E-state index in [9.17, 15) is 4.79 Å². The zero-order valence-corrected chi connectivity index (χ0v) is 13.4. The summed E-state index contributed by atoms with van der Waals surface area (Å²) in [6, 6.07) is 11.4. The van der Waals surface area contributed by atoms with Crippen LogP contribution < -0.4 is 5.32 Å². The SMILES string of the molecule is O=C(Nc1cnn(Cc2ccccc2)c1)c1cnc(Cl)c(Cl)c1. The monoisotopic (exact) mass is 346 g/mol. The molecule has 7 heteroatoms. The molecule has 1 N–H and O–H groups in total. The summed E-state index contributed by atoms with van der Waals surface area (Å²) in [7, 11) is 0. The lowest BCUT2D eigenvalue weighted by atomic mass is 10.2. The number of hydrogen-bond acceptors (Lipinski definition) is 3. The highest BCUT2D eigenvalue weighted by Crippen LogP contribution is 2.20. The summed E-state index contributed by atoms with van der Waals surface area (Å²) >= 11 is 11.6. The lowest BCUT2D eigenvalue weighted by Crippen LogP contribution is -2.11. The van der Waals surface area contributed by atoms with Crippen molar-refractivity contribution in [3.05, 3.63) is 76.3 Å². The molecule has 0 saturated heterocycles. The molecule has 0 unspecified atom stereocenters. The fourth-order valence-corrected chi connectivity index (χ4v) is 2.30. The van der Waals surface area contributed by atoms with Crippen molar-refractivity contribution in [2.75, 3.05) is 5.32 Å². The molecule has 0 fully saturated rings. The van der Waals surface area contributed by atoms with Crippen LogP contribution in [0.5, 0.6) is 0 Å². The van der Waals surface area contributed by atoms with Crippen molar-refractivity contribution in [3.63, 3.8) is 0 Å². The molecular formula is C16H12Cl2N4O. The molecule has 0 spiro atoms. The average molecular weight is 347 g/mol. The van der Waals surface area contributed by atoms with E-state index in [0.717, 1.165) is 5.56 Å². The predicted octanol–water partition coefficient (Wildman–Crippen LogP) is 3.89. The Hall–Kier alpha value is -2.37. The maximum absolute atomic E-state index is 12.2. The van der Waals surface area contributed by atoms with E-state index in [1.807, 2.05) is 30.3 Å². The Morgan fingerprint density at radius 3 is 2.70 bits per heavy atom. The average Bonchev–Trinajstić information content (AvgIpc) is 2.98. The predicted molar refractivity (Wildman–Crippen MR) is 90.0 cm³/mol. The Balaban J connectivity index is 1.68. The molecule has 3 aromatic rings. The summed E-state index contributed by atoms with van der Waals surface area (Å²) < 4.78 is 1.75. The molecule has 0 saturated carbocycles. The molecule has 2 aromatic heterocycles. The number of anilines is 1. The number of benzene rings is 1. The van der Waals surface area contributed by atoms with Gasteiger partial charge in [-0.25, -0.2) is 4.98 Å². The van der Waals surface area contributed by atoms with Crippen molar-refractivity contribution in [3.8, 4) is 0 Å². The first-order valence-corrected chi connectivity index (χ1v) is 7.56. The van der Waals surface area contributed by atoms with Gasteiger partial charge in [-0.15, -0.1) is 0 Å². The Morgan fingerprint density at radius 1 is 1.17 bits per heavy atom. The largest absolute Gasteiger partial charge is 0.319 e. The summed E-state index contributed by atoms with van der Waals surface area (Å²) in [4.78, 5) is 16.0. The molecule has 0 aliphatic rings. The fourth-order valence-electron chi connectivity index (χ4n) is 2.03. The van der Waals surface area contributed by atoms with Crippen LogP contribution >= 0.6 is 23.2 Å². The molecule has 23 heavy (non-hydrogen) atoms. The zero-order valence-electron chi connectivity index (χ0n) is 11.9. The van der Waals surface area contributed by atoms with Crippen LogP contribution in [-0.2, 0) is 6.54 Å². The standard InChI is InChI=1S/C16H12Cl2N4O/c17-14-6-12(7-19-15(14)18)16(23)21-13-8-20-22(10-13)9-11-4-2-1-3-5-11/h1-8,10H,9H2,(H,21,23). The van der Waals surface area contributed by atoms with Crippen LogP contribution in [0.15, 0.2) is 55.0 Å². The molecule has 5 nitrogen and oxygen atoms in total. The highest BCUT2D eigenvalue weighted by atomic mass is 35.5. The van der Waals surface area contributed by atoms with Gasteiger partial charge in [0, 0.05) is 12.4 Å². The molecule has 0 bridgehead atoms.